The van der Waals surface area contributed by atoms with Crippen molar-refractivity contribution in [1.82, 2.24) is 0 Å². The maximum atomic E-state index is 2.36. The average Bonchev–Trinajstić information content (AvgIpc) is 2.13. The Labute approximate surface area is 139 Å². The minimum atomic E-state index is -0.188. The molecular weight excluding hydrogens is 308 g/mol. The monoisotopic (exact) mass is 337 g/mol. The zero-order valence-electron chi connectivity index (χ0n) is 14.0. The van der Waals surface area contributed by atoms with Gasteiger partial charge in [0.15, 0.2) is 0 Å². The number of anilines is 1. The third-order valence-electron chi connectivity index (χ3n) is 2.97. The van der Waals surface area contributed by atoms with Gasteiger partial charge in [0.25, 0.3) is 0 Å². The van der Waals surface area contributed by atoms with Crippen molar-refractivity contribution in [3.8, 4) is 0 Å². The van der Waals surface area contributed by atoms with Crippen molar-refractivity contribution in [3.05, 3.63) is 24.3 Å². The predicted octanol–water partition coefficient (Wildman–Crippen LogP) is 5.30. The molecule has 0 saturated carbocycles. The molecule has 1 aromatic carbocycles. The van der Waals surface area contributed by atoms with Gasteiger partial charge in [0.05, 0.1) is 0 Å². The van der Waals surface area contributed by atoms with Crippen LogP contribution in [0.25, 0.3) is 0 Å². The lowest BCUT2D eigenvalue weighted by atomic mass is 10.2. The molecule has 0 radical (unpaired) electrons. The van der Waals surface area contributed by atoms with Crippen LogP contribution in [0.4, 0.5) is 5.69 Å². The van der Waals surface area contributed by atoms with Crippen LogP contribution in [0.1, 0.15) is 41.5 Å². The molecule has 0 saturated heterocycles. The molecule has 0 aliphatic rings. The molecule has 0 bridgehead atoms. The van der Waals surface area contributed by atoms with Gasteiger partial charge in [0.2, 0.25) is 0 Å². The molecule has 0 aliphatic carbocycles. The fraction of sp³-hybridized carbons (Fsp3) is 0.625. The molecule has 20 heavy (non-hydrogen) atoms. The smallest absolute Gasteiger partial charge is 0.0361 e. The lowest BCUT2D eigenvalue weighted by Crippen LogP contribution is -2.31. The topological polar surface area (TPSA) is 3.24 Å². The van der Waals surface area contributed by atoms with Gasteiger partial charge >= 0.3 is 0 Å². The lowest BCUT2D eigenvalue weighted by Gasteiger charge is -2.41. The standard InChI is InChI=1S/C16H28NP.2ClH/c1-15(2,3)18(16(4,5)6)14-11-9-13(10-12-14)17(7)8;;/h9-12H,1-8H3;2*1H. The molecule has 0 unspecified atom stereocenters. The van der Waals surface area contributed by atoms with Gasteiger partial charge in [-0.25, -0.2) is 0 Å². The second kappa shape index (κ2) is 7.87. The van der Waals surface area contributed by atoms with Crippen molar-refractivity contribution in [1.29, 1.82) is 0 Å². The van der Waals surface area contributed by atoms with Crippen molar-refractivity contribution < 1.29 is 0 Å². The van der Waals surface area contributed by atoms with E-state index in [0.29, 0.717) is 10.3 Å². The summed E-state index contributed by atoms with van der Waals surface area (Å²) < 4.78 is 0. The SMILES string of the molecule is CN(C)c1ccc(P(C(C)(C)C)C(C)(C)C)cc1.Cl.Cl. The quantitative estimate of drug-likeness (QED) is 0.662. The highest BCUT2D eigenvalue weighted by molar-refractivity contribution is 7.68. The molecule has 118 valence electrons. The first-order valence-electron chi connectivity index (χ1n) is 6.61. The van der Waals surface area contributed by atoms with Crippen molar-refractivity contribution in [2.75, 3.05) is 19.0 Å². The highest BCUT2D eigenvalue weighted by atomic mass is 35.5. The zero-order chi connectivity index (χ0) is 14.1. The fourth-order valence-corrected chi connectivity index (χ4v) is 6.69. The Morgan fingerprint density at radius 2 is 1.10 bits per heavy atom. The van der Waals surface area contributed by atoms with E-state index in [-0.39, 0.29) is 32.7 Å². The fourth-order valence-electron chi connectivity index (χ4n) is 2.68. The molecular formula is C16H30Cl2NP. The summed E-state index contributed by atoms with van der Waals surface area (Å²) in [5.41, 5.74) is 1.27. The first-order valence-corrected chi connectivity index (χ1v) is 7.95. The Balaban J connectivity index is 0. The summed E-state index contributed by atoms with van der Waals surface area (Å²) in [7, 11) is 3.99. The summed E-state index contributed by atoms with van der Waals surface area (Å²) in [6.45, 7) is 14.2. The number of nitrogens with zero attached hydrogens (tertiary/aromatic N) is 1. The molecule has 0 amide bonds. The normalized spacial score (nSPS) is 11.7. The van der Waals surface area contributed by atoms with Gasteiger partial charge in [0.1, 0.15) is 0 Å². The summed E-state index contributed by atoms with van der Waals surface area (Å²) in [6, 6.07) is 9.11. The maximum Gasteiger partial charge on any atom is 0.0361 e. The molecule has 0 heterocycles. The van der Waals surface area contributed by atoms with Crippen LogP contribution in [0.5, 0.6) is 0 Å². The molecule has 0 atom stereocenters. The minimum Gasteiger partial charge on any atom is -0.378 e. The molecule has 1 aromatic rings. The number of hydrogen-bond acceptors (Lipinski definition) is 1. The van der Waals surface area contributed by atoms with E-state index in [1.165, 1.54) is 11.0 Å². The van der Waals surface area contributed by atoms with Gasteiger partial charge < -0.3 is 4.90 Å². The molecule has 0 spiro atoms. The van der Waals surface area contributed by atoms with E-state index in [2.05, 4.69) is 84.8 Å². The van der Waals surface area contributed by atoms with Gasteiger partial charge in [-0.2, -0.15) is 0 Å². The highest BCUT2D eigenvalue weighted by Gasteiger charge is 2.35. The number of hydrogen-bond donors (Lipinski definition) is 0. The molecule has 0 aliphatic heterocycles. The van der Waals surface area contributed by atoms with Crippen LogP contribution in [0, 0.1) is 0 Å². The zero-order valence-corrected chi connectivity index (χ0v) is 16.5. The Morgan fingerprint density at radius 1 is 0.750 bits per heavy atom. The molecule has 4 heteroatoms. The van der Waals surface area contributed by atoms with Crippen LogP contribution in [-0.4, -0.2) is 24.4 Å². The van der Waals surface area contributed by atoms with Crippen LogP contribution in [0.3, 0.4) is 0 Å². The minimum absolute atomic E-state index is 0. The van der Waals surface area contributed by atoms with Gasteiger partial charge in [-0.05, 0) is 27.7 Å². The van der Waals surface area contributed by atoms with E-state index >= 15 is 0 Å². The van der Waals surface area contributed by atoms with Gasteiger partial charge in [-0.3, -0.25) is 0 Å². The average molecular weight is 338 g/mol. The molecule has 1 nitrogen and oxygen atoms in total. The molecule has 0 aromatic heterocycles. The summed E-state index contributed by atoms with van der Waals surface area (Å²) in [6.07, 6.45) is 0. The predicted molar refractivity (Wildman–Crippen MR) is 101 cm³/mol. The van der Waals surface area contributed by atoms with Crippen molar-refractivity contribution in [2.24, 2.45) is 0 Å². The largest absolute Gasteiger partial charge is 0.378 e. The van der Waals surface area contributed by atoms with Gasteiger partial charge in [0, 0.05) is 19.8 Å². The first kappa shape index (κ1) is 22.3. The summed E-state index contributed by atoms with van der Waals surface area (Å²) in [4.78, 5) is 2.15. The van der Waals surface area contributed by atoms with Crippen LogP contribution < -0.4 is 10.2 Å². The molecule has 0 N–H and O–H groups in total. The molecule has 1 rings (SSSR count). The number of benzene rings is 1. The Hall–Kier alpha value is 0.0300. The Bertz CT molecular complexity index is 374. The highest BCUT2D eigenvalue weighted by Crippen LogP contribution is 2.58. The second-order valence-electron chi connectivity index (χ2n) is 7.09. The third-order valence-corrected chi connectivity index (χ3v) is 6.46. The van der Waals surface area contributed by atoms with E-state index in [1.54, 1.807) is 0 Å². The van der Waals surface area contributed by atoms with Crippen LogP contribution in [-0.2, 0) is 0 Å². The van der Waals surface area contributed by atoms with Crippen molar-refractivity contribution in [2.45, 2.75) is 51.9 Å². The maximum absolute atomic E-state index is 2.36. The lowest BCUT2D eigenvalue weighted by molar-refractivity contribution is 0.715. The van der Waals surface area contributed by atoms with Crippen LogP contribution in [0.2, 0.25) is 0 Å². The summed E-state index contributed by atoms with van der Waals surface area (Å²) >= 11 is 0. The number of halogens is 2. The number of rotatable bonds is 2. The van der Waals surface area contributed by atoms with E-state index in [9.17, 15) is 0 Å². The Kier molecular flexibility index (Phi) is 8.78. The third kappa shape index (κ3) is 5.80. The second-order valence-corrected chi connectivity index (χ2v) is 11.0. The van der Waals surface area contributed by atoms with Gasteiger partial charge in [-0.1, -0.05) is 61.6 Å². The summed E-state index contributed by atoms with van der Waals surface area (Å²) in [5.74, 6) is 0. The first-order chi connectivity index (χ1) is 8.03. The van der Waals surface area contributed by atoms with E-state index < -0.39 is 0 Å². The van der Waals surface area contributed by atoms with Crippen molar-refractivity contribution in [3.63, 3.8) is 0 Å². The van der Waals surface area contributed by atoms with Crippen LogP contribution in [0.15, 0.2) is 24.3 Å². The van der Waals surface area contributed by atoms with Crippen LogP contribution >= 0.6 is 32.7 Å². The van der Waals surface area contributed by atoms with E-state index in [4.69, 9.17) is 0 Å². The summed E-state index contributed by atoms with van der Waals surface area (Å²) in [5, 5.41) is 2.19. The van der Waals surface area contributed by atoms with Gasteiger partial charge in [-0.15, -0.1) is 24.8 Å². The van der Waals surface area contributed by atoms with E-state index in [0.717, 1.165) is 0 Å². The Morgan fingerprint density at radius 3 is 1.35 bits per heavy atom. The van der Waals surface area contributed by atoms with Crippen molar-refractivity contribution >= 4 is 43.7 Å². The van der Waals surface area contributed by atoms with E-state index in [1.807, 2.05) is 0 Å². The molecule has 0 fully saturated rings.